The first kappa shape index (κ1) is 15.5. The zero-order valence-corrected chi connectivity index (χ0v) is 13.1. The van der Waals surface area contributed by atoms with E-state index in [0.29, 0.717) is 0 Å². The molecule has 5 heteroatoms. The van der Waals surface area contributed by atoms with E-state index in [1.54, 1.807) is 11.3 Å². The van der Waals surface area contributed by atoms with E-state index in [0.717, 1.165) is 39.0 Å². The summed E-state index contributed by atoms with van der Waals surface area (Å²) in [5.74, 6) is 0.236. The Bertz CT molecular complexity index is 408. The number of amides is 1. The van der Waals surface area contributed by atoms with Crippen LogP contribution in [0, 0.1) is 0 Å². The lowest BCUT2D eigenvalue weighted by molar-refractivity contribution is -0.130. The van der Waals surface area contributed by atoms with E-state index in [9.17, 15) is 4.79 Å². The molecule has 4 nitrogen and oxygen atoms in total. The van der Waals surface area contributed by atoms with E-state index in [4.69, 9.17) is 4.74 Å². The van der Waals surface area contributed by atoms with Crippen LogP contribution in [0.25, 0.3) is 0 Å². The lowest BCUT2D eigenvalue weighted by Gasteiger charge is -2.23. The summed E-state index contributed by atoms with van der Waals surface area (Å²) in [6.45, 7) is 6.32. The van der Waals surface area contributed by atoms with Crippen LogP contribution in [0.15, 0.2) is 16.8 Å². The second kappa shape index (κ2) is 7.76. The van der Waals surface area contributed by atoms with Crippen LogP contribution in [0.1, 0.15) is 44.8 Å². The first-order valence-corrected chi connectivity index (χ1v) is 8.38. The van der Waals surface area contributed by atoms with Gasteiger partial charge in [0, 0.05) is 19.8 Å². The molecule has 2 unspecified atom stereocenters. The highest BCUT2D eigenvalue weighted by atomic mass is 32.1. The highest BCUT2D eigenvalue weighted by Gasteiger charge is 2.38. The lowest BCUT2D eigenvalue weighted by atomic mass is 10.2. The van der Waals surface area contributed by atoms with E-state index < -0.39 is 0 Å². The molecule has 2 rings (SSSR count). The van der Waals surface area contributed by atoms with Crippen molar-refractivity contribution < 1.29 is 9.53 Å². The molecule has 1 aliphatic heterocycles. The molecule has 1 aliphatic rings. The first-order chi connectivity index (χ1) is 9.77. The van der Waals surface area contributed by atoms with Gasteiger partial charge in [-0.05, 0) is 42.2 Å². The van der Waals surface area contributed by atoms with Gasteiger partial charge in [-0.15, -0.1) is 0 Å². The molecule has 1 N–H and O–H groups in total. The fourth-order valence-corrected chi connectivity index (χ4v) is 3.28. The number of nitrogens with one attached hydrogen (secondary N) is 1. The van der Waals surface area contributed by atoms with Crippen LogP contribution >= 0.6 is 11.3 Å². The maximum Gasteiger partial charge on any atom is 0.241 e. The van der Waals surface area contributed by atoms with Gasteiger partial charge in [0.15, 0.2) is 0 Å². The standard InChI is InChI=1S/C15H24N2O2S/c1-3-6-13-15(18)17(8-5-9-19-4-2)14(16-13)12-7-10-20-11-12/h7,10-11,13-14,16H,3-6,8-9H2,1-2H3. The SMILES string of the molecule is CCCC1NC(c2ccsc2)N(CCCOCC)C1=O. The van der Waals surface area contributed by atoms with Crippen LogP contribution in [0.4, 0.5) is 0 Å². The number of hydrogen-bond acceptors (Lipinski definition) is 4. The normalized spacial score (nSPS) is 22.7. The summed E-state index contributed by atoms with van der Waals surface area (Å²) >= 11 is 1.67. The average Bonchev–Trinajstić information content (AvgIpc) is 3.06. The van der Waals surface area contributed by atoms with Gasteiger partial charge in [-0.25, -0.2) is 0 Å². The van der Waals surface area contributed by atoms with Crippen LogP contribution in [0.3, 0.4) is 0 Å². The molecule has 1 aromatic heterocycles. The molecule has 0 bridgehead atoms. The Morgan fingerprint density at radius 2 is 2.30 bits per heavy atom. The Balaban J connectivity index is 2.01. The highest BCUT2D eigenvalue weighted by Crippen LogP contribution is 2.28. The maximum absolute atomic E-state index is 12.5. The van der Waals surface area contributed by atoms with E-state index >= 15 is 0 Å². The molecular formula is C15H24N2O2S. The predicted octanol–water partition coefficient (Wildman–Crippen LogP) is 2.77. The molecular weight excluding hydrogens is 272 g/mol. The summed E-state index contributed by atoms with van der Waals surface area (Å²) in [6.07, 6.45) is 2.85. The van der Waals surface area contributed by atoms with Crippen LogP contribution in [0.2, 0.25) is 0 Å². The summed E-state index contributed by atoms with van der Waals surface area (Å²) in [6, 6.07) is 2.07. The minimum Gasteiger partial charge on any atom is -0.382 e. The van der Waals surface area contributed by atoms with Gasteiger partial charge in [0.05, 0.1) is 6.04 Å². The van der Waals surface area contributed by atoms with Crippen molar-refractivity contribution in [2.75, 3.05) is 19.8 Å². The topological polar surface area (TPSA) is 41.6 Å². The summed E-state index contributed by atoms with van der Waals surface area (Å²) < 4.78 is 5.37. The Labute approximate surface area is 125 Å². The predicted molar refractivity (Wildman–Crippen MR) is 81.7 cm³/mol. The molecule has 0 aromatic carbocycles. The number of rotatable bonds is 8. The highest BCUT2D eigenvalue weighted by molar-refractivity contribution is 7.07. The zero-order chi connectivity index (χ0) is 14.4. The van der Waals surface area contributed by atoms with Gasteiger partial charge in [-0.3, -0.25) is 10.1 Å². The van der Waals surface area contributed by atoms with Crippen molar-refractivity contribution in [3.05, 3.63) is 22.4 Å². The summed E-state index contributed by atoms with van der Waals surface area (Å²) in [5, 5.41) is 7.66. The van der Waals surface area contributed by atoms with Gasteiger partial charge in [0.25, 0.3) is 0 Å². The third-order valence-electron chi connectivity index (χ3n) is 3.58. The fourth-order valence-electron chi connectivity index (χ4n) is 2.60. The minimum atomic E-state index is -0.0306. The van der Waals surface area contributed by atoms with Gasteiger partial charge >= 0.3 is 0 Å². The van der Waals surface area contributed by atoms with Crippen molar-refractivity contribution in [2.24, 2.45) is 0 Å². The van der Waals surface area contributed by atoms with Crippen LogP contribution < -0.4 is 5.32 Å². The first-order valence-electron chi connectivity index (χ1n) is 7.44. The molecule has 2 heterocycles. The zero-order valence-electron chi connectivity index (χ0n) is 12.3. The number of ether oxygens (including phenoxy) is 1. The number of carbonyl (C=O) groups excluding carboxylic acids is 1. The molecule has 0 aliphatic carbocycles. The van der Waals surface area contributed by atoms with Crippen LogP contribution in [-0.4, -0.2) is 36.6 Å². The van der Waals surface area contributed by atoms with Crippen molar-refractivity contribution in [3.63, 3.8) is 0 Å². The van der Waals surface area contributed by atoms with Gasteiger partial charge in [0.1, 0.15) is 6.17 Å². The molecule has 0 spiro atoms. The van der Waals surface area contributed by atoms with Crippen molar-refractivity contribution in [1.82, 2.24) is 10.2 Å². The lowest BCUT2D eigenvalue weighted by Crippen LogP contribution is -2.32. The quantitative estimate of drug-likeness (QED) is 0.750. The van der Waals surface area contributed by atoms with Crippen molar-refractivity contribution in [1.29, 1.82) is 0 Å². The molecule has 1 saturated heterocycles. The van der Waals surface area contributed by atoms with Crippen molar-refractivity contribution in [3.8, 4) is 0 Å². The third kappa shape index (κ3) is 3.59. The van der Waals surface area contributed by atoms with Crippen LogP contribution in [0.5, 0.6) is 0 Å². The number of hydrogen-bond donors (Lipinski definition) is 1. The third-order valence-corrected chi connectivity index (χ3v) is 4.28. The minimum absolute atomic E-state index is 0.0306. The molecule has 20 heavy (non-hydrogen) atoms. The number of thiophene rings is 1. The number of carbonyl (C=O) groups is 1. The maximum atomic E-state index is 12.5. The van der Waals surface area contributed by atoms with E-state index in [2.05, 4.69) is 29.1 Å². The second-order valence-electron chi connectivity index (χ2n) is 5.05. The average molecular weight is 296 g/mol. The fraction of sp³-hybridized carbons (Fsp3) is 0.667. The monoisotopic (exact) mass is 296 g/mol. The molecule has 0 saturated carbocycles. The van der Waals surface area contributed by atoms with Gasteiger partial charge < -0.3 is 9.64 Å². The van der Waals surface area contributed by atoms with Crippen molar-refractivity contribution >= 4 is 17.2 Å². The Kier molecular flexibility index (Phi) is 6.01. The molecule has 2 atom stereocenters. The van der Waals surface area contributed by atoms with Gasteiger partial charge in [-0.1, -0.05) is 13.3 Å². The van der Waals surface area contributed by atoms with Gasteiger partial charge in [0.2, 0.25) is 5.91 Å². The number of nitrogens with zero attached hydrogens (tertiary/aromatic N) is 1. The summed E-state index contributed by atoms with van der Waals surface area (Å²) in [7, 11) is 0. The molecule has 1 aromatic rings. The Morgan fingerprint density at radius 3 is 2.95 bits per heavy atom. The molecule has 1 fully saturated rings. The van der Waals surface area contributed by atoms with Crippen molar-refractivity contribution in [2.45, 2.75) is 45.3 Å². The Hall–Kier alpha value is -0.910. The Morgan fingerprint density at radius 1 is 1.45 bits per heavy atom. The molecule has 112 valence electrons. The largest absolute Gasteiger partial charge is 0.382 e. The van der Waals surface area contributed by atoms with E-state index in [-0.39, 0.29) is 18.1 Å². The van der Waals surface area contributed by atoms with E-state index in [1.807, 2.05) is 11.8 Å². The second-order valence-corrected chi connectivity index (χ2v) is 5.83. The summed E-state index contributed by atoms with van der Waals surface area (Å²) in [4.78, 5) is 14.5. The molecule has 1 amide bonds. The molecule has 0 radical (unpaired) electrons. The van der Waals surface area contributed by atoms with Gasteiger partial charge in [-0.2, -0.15) is 11.3 Å². The van der Waals surface area contributed by atoms with Crippen LogP contribution in [-0.2, 0) is 9.53 Å². The smallest absolute Gasteiger partial charge is 0.241 e. The summed E-state index contributed by atoms with van der Waals surface area (Å²) in [5.41, 5.74) is 1.19. The van der Waals surface area contributed by atoms with E-state index in [1.165, 1.54) is 5.56 Å².